The zero-order valence-electron chi connectivity index (χ0n) is 14.4. The molecule has 1 aliphatic heterocycles. The molecule has 0 aromatic heterocycles. The van der Waals surface area contributed by atoms with Gasteiger partial charge in [-0.2, -0.15) is 0 Å². The van der Waals surface area contributed by atoms with Gasteiger partial charge >= 0.3 is 5.97 Å². The van der Waals surface area contributed by atoms with Crippen molar-refractivity contribution in [1.29, 1.82) is 0 Å². The summed E-state index contributed by atoms with van der Waals surface area (Å²) in [6, 6.07) is 0. The Hall–Kier alpha value is -0.700. The van der Waals surface area contributed by atoms with Gasteiger partial charge in [0.1, 0.15) is 0 Å². The van der Waals surface area contributed by atoms with Crippen molar-refractivity contribution in [2.75, 3.05) is 58.7 Å². The van der Waals surface area contributed by atoms with E-state index in [1.165, 1.54) is 0 Å². The highest BCUT2D eigenvalue weighted by molar-refractivity contribution is 7.89. The number of unbranched alkanes of at least 4 members (excludes halogenated alkanes) is 1. The first-order valence-electron chi connectivity index (χ1n) is 8.47. The molecule has 0 spiro atoms. The van der Waals surface area contributed by atoms with Gasteiger partial charge in [-0.15, -0.1) is 0 Å². The molecule has 1 saturated heterocycles. The van der Waals surface area contributed by atoms with E-state index in [1.54, 1.807) is 6.92 Å². The maximum absolute atomic E-state index is 11.8. The van der Waals surface area contributed by atoms with Crippen LogP contribution in [0.5, 0.6) is 0 Å². The van der Waals surface area contributed by atoms with Crippen LogP contribution in [0.3, 0.4) is 0 Å². The maximum atomic E-state index is 11.8. The van der Waals surface area contributed by atoms with Gasteiger partial charge in [0, 0.05) is 39.1 Å². The first-order chi connectivity index (χ1) is 10.9. The lowest BCUT2D eigenvalue weighted by atomic mass is 10.2. The Bertz CT molecular complexity index is 434. The number of esters is 1. The van der Waals surface area contributed by atoms with E-state index in [9.17, 15) is 13.2 Å². The van der Waals surface area contributed by atoms with Crippen molar-refractivity contribution >= 4 is 16.0 Å². The monoisotopic (exact) mass is 349 g/mol. The molecule has 0 atom stereocenters. The van der Waals surface area contributed by atoms with E-state index >= 15 is 0 Å². The molecule has 7 nitrogen and oxygen atoms in total. The van der Waals surface area contributed by atoms with Crippen LogP contribution < -0.4 is 4.72 Å². The van der Waals surface area contributed by atoms with Crippen LogP contribution in [-0.2, 0) is 19.6 Å². The number of nitrogens with zero attached hydrogens (tertiary/aromatic N) is 2. The van der Waals surface area contributed by atoms with Crippen molar-refractivity contribution in [3.05, 3.63) is 0 Å². The van der Waals surface area contributed by atoms with Crippen LogP contribution in [0.1, 0.15) is 32.6 Å². The van der Waals surface area contributed by atoms with Crippen molar-refractivity contribution in [2.24, 2.45) is 0 Å². The number of piperazine rings is 1. The normalized spacial score (nSPS) is 17.3. The molecule has 8 heteroatoms. The third-order valence-corrected chi connectivity index (χ3v) is 5.39. The minimum atomic E-state index is -3.28. The zero-order chi connectivity index (χ0) is 17.1. The average molecular weight is 349 g/mol. The van der Waals surface area contributed by atoms with Crippen LogP contribution in [-0.4, -0.2) is 82.9 Å². The van der Waals surface area contributed by atoms with Crippen LogP contribution in [0.25, 0.3) is 0 Å². The van der Waals surface area contributed by atoms with E-state index in [0.717, 1.165) is 45.6 Å². The maximum Gasteiger partial charge on any atom is 0.305 e. The number of ether oxygens (including phenoxy) is 1. The molecule has 1 heterocycles. The first kappa shape index (κ1) is 20.3. The van der Waals surface area contributed by atoms with Crippen LogP contribution in [0.4, 0.5) is 0 Å². The summed E-state index contributed by atoms with van der Waals surface area (Å²) in [6.45, 7) is 7.95. The van der Waals surface area contributed by atoms with E-state index < -0.39 is 10.0 Å². The quantitative estimate of drug-likeness (QED) is 0.426. The minimum absolute atomic E-state index is 0.0235. The molecule has 0 saturated carbocycles. The standard InChI is InChI=1S/C15H31N3O4S/c1-3-22-15(19)7-6-14-23(20,21)16-8-4-5-9-18-12-10-17(2)11-13-18/h16H,3-14H2,1-2H3. The number of hydrogen-bond acceptors (Lipinski definition) is 6. The number of carbonyl (C=O) groups excluding carboxylic acids is 1. The van der Waals surface area contributed by atoms with E-state index in [2.05, 4.69) is 21.6 Å². The lowest BCUT2D eigenvalue weighted by molar-refractivity contribution is -0.143. The summed E-state index contributed by atoms with van der Waals surface area (Å²) in [6.07, 6.45) is 2.28. The molecule has 1 N–H and O–H groups in total. The molecule has 1 aliphatic rings. The Labute approximate surface area is 140 Å². The number of rotatable bonds is 11. The fourth-order valence-electron chi connectivity index (χ4n) is 2.47. The van der Waals surface area contributed by atoms with E-state index in [1.807, 2.05) is 0 Å². The first-order valence-corrected chi connectivity index (χ1v) is 10.1. The van der Waals surface area contributed by atoms with Crippen molar-refractivity contribution in [2.45, 2.75) is 32.6 Å². The second-order valence-electron chi connectivity index (χ2n) is 5.97. The number of nitrogens with one attached hydrogen (secondary N) is 1. The molecule has 0 radical (unpaired) electrons. The molecule has 0 amide bonds. The lowest BCUT2D eigenvalue weighted by Crippen LogP contribution is -2.44. The third-order valence-electron chi connectivity index (χ3n) is 3.92. The van der Waals surface area contributed by atoms with Crippen LogP contribution in [0, 0.1) is 0 Å². The SMILES string of the molecule is CCOC(=O)CCCS(=O)(=O)NCCCCN1CCN(C)CC1. The molecule has 0 aliphatic carbocycles. The number of likely N-dealkylation sites (N-methyl/N-ethyl adjacent to an activating group) is 1. The van der Waals surface area contributed by atoms with Crippen LogP contribution >= 0.6 is 0 Å². The fraction of sp³-hybridized carbons (Fsp3) is 0.933. The Morgan fingerprint density at radius 2 is 1.83 bits per heavy atom. The van der Waals surface area contributed by atoms with Crippen molar-refractivity contribution < 1.29 is 17.9 Å². The van der Waals surface area contributed by atoms with Gasteiger partial charge < -0.3 is 14.5 Å². The van der Waals surface area contributed by atoms with Gasteiger partial charge in [-0.25, -0.2) is 13.1 Å². The minimum Gasteiger partial charge on any atom is -0.466 e. The molecule has 0 aromatic carbocycles. The second-order valence-corrected chi connectivity index (χ2v) is 7.90. The third kappa shape index (κ3) is 9.91. The average Bonchev–Trinajstić information content (AvgIpc) is 2.49. The predicted octanol–water partition coefficient (Wildman–Crippen LogP) is 0.277. The number of carbonyl (C=O) groups is 1. The Balaban J connectivity index is 2.04. The molecular weight excluding hydrogens is 318 g/mol. The highest BCUT2D eigenvalue weighted by Gasteiger charge is 2.14. The van der Waals surface area contributed by atoms with Gasteiger partial charge in [0.05, 0.1) is 12.4 Å². The summed E-state index contributed by atoms with van der Waals surface area (Å²) < 4.78 is 31.0. The fourth-order valence-corrected chi connectivity index (χ4v) is 3.60. The Morgan fingerprint density at radius 1 is 1.13 bits per heavy atom. The summed E-state index contributed by atoms with van der Waals surface area (Å²) in [5.41, 5.74) is 0. The van der Waals surface area contributed by atoms with E-state index in [-0.39, 0.29) is 18.1 Å². The zero-order valence-corrected chi connectivity index (χ0v) is 15.2. The predicted molar refractivity (Wildman–Crippen MR) is 90.8 cm³/mol. The van der Waals surface area contributed by atoms with Crippen LogP contribution in [0.2, 0.25) is 0 Å². The van der Waals surface area contributed by atoms with Gasteiger partial charge in [-0.05, 0) is 39.8 Å². The summed E-state index contributed by atoms with van der Waals surface area (Å²) in [5.74, 6) is -0.362. The molecule has 23 heavy (non-hydrogen) atoms. The molecule has 0 unspecified atom stereocenters. The summed E-state index contributed by atoms with van der Waals surface area (Å²) in [5, 5.41) is 0. The highest BCUT2D eigenvalue weighted by atomic mass is 32.2. The van der Waals surface area contributed by atoms with Crippen LogP contribution in [0.15, 0.2) is 0 Å². The Morgan fingerprint density at radius 3 is 2.48 bits per heavy atom. The summed E-state index contributed by atoms with van der Waals surface area (Å²) in [7, 11) is -1.15. The highest BCUT2D eigenvalue weighted by Crippen LogP contribution is 2.02. The molecule has 1 fully saturated rings. The number of sulfonamides is 1. The molecule has 136 valence electrons. The molecule has 1 rings (SSSR count). The molecule has 0 aromatic rings. The lowest BCUT2D eigenvalue weighted by Gasteiger charge is -2.32. The van der Waals surface area contributed by atoms with Gasteiger partial charge in [-0.3, -0.25) is 4.79 Å². The summed E-state index contributed by atoms with van der Waals surface area (Å²) in [4.78, 5) is 15.9. The van der Waals surface area contributed by atoms with E-state index in [0.29, 0.717) is 19.6 Å². The smallest absolute Gasteiger partial charge is 0.305 e. The topological polar surface area (TPSA) is 78.9 Å². The Kier molecular flexibility index (Phi) is 9.69. The second kappa shape index (κ2) is 11.0. The van der Waals surface area contributed by atoms with E-state index in [4.69, 9.17) is 4.74 Å². The van der Waals surface area contributed by atoms with Gasteiger partial charge in [0.25, 0.3) is 0 Å². The van der Waals surface area contributed by atoms with Crippen molar-refractivity contribution in [3.8, 4) is 0 Å². The number of hydrogen-bond donors (Lipinski definition) is 1. The largest absolute Gasteiger partial charge is 0.466 e. The van der Waals surface area contributed by atoms with Gasteiger partial charge in [0.15, 0.2) is 0 Å². The molecule has 0 bridgehead atoms. The van der Waals surface area contributed by atoms with Crippen molar-refractivity contribution in [1.82, 2.24) is 14.5 Å². The molecular formula is C15H31N3O4S. The van der Waals surface area contributed by atoms with Crippen molar-refractivity contribution in [3.63, 3.8) is 0 Å². The van der Waals surface area contributed by atoms with Gasteiger partial charge in [0.2, 0.25) is 10.0 Å². The van der Waals surface area contributed by atoms with Gasteiger partial charge in [-0.1, -0.05) is 0 Å². The summed E-state index contributed by atoms with van der Waals surface area (Å²) >= 11 is 0.